The molecule has 0 spiro atoms. The first-order valence-electron chi connectivity index (χ1n) is 4.58. The highest BCUT2D eigenvalue weighted by Crippen LogP contribution is 2.28. The van der Waals surface area contributed by atoms with E-state index >= 15 is 0 Å². The van der Waals surface area contributed by atoms with Gasteiger partial charge in [-0.15, -0.1) is 11.3 Å². The largest absolute Gasteiger partial charge is 0.379 e. The Labute approximate surface area is 124 Å². The van der Waals surface area contributed by atoms with Crippen LogP contribution in [0.5, 0.6) is 0 Å². The fraction of sp³-hybridized carbons (Fsp3) is 0.0909. The topological polar surface area (TPSA) is 12.0 Å². The van der Waals surface area contributed by atoms with Crippen molar-refractivity contribution in [2.24, 2.45) is 0 Å². The third kappa shape index (κ3) is 3.32. The van der Waals surface area contributed by atoms with Crippen LogP contribution in [0.25, 0.3) is 0 Å². The molecule has 16 heavy (non-hydrogen) atoms. The van der Waals surface area contributed by atoms with Crippen molar-refractivity contribution < 1.29 is 0 Å². The zero-order valence-corrected chi connectivity index (χ0v) is 13.7. The van der Waals surface area contributed by atoms with Crippen LogP contribution in [0.3, 0.4) is 0 Å². The number of halogens is 3. The molecule has 0 atom stereocenters. The molecule has 0 aliphatic heterocycles. The number of benzene rings is 1. The lowest BCUT2D eigenvalue weighted by Crippen LogP contribution is -1.97. The van der Waals surface area contributed by atoms with E-state index < -0.39 is 0 Å². The van der Waals surface area contributed by atoms with E-state index in [2.05, 4.69) is 71.3 Å². The maximum Gasteiger partial charge on any atom is 0.0702 e. The molecule has 0 bridgehead atoms. The SMILES string of the molecule is Brc1ccc(NCc2ccc(Br)s2)c(Br)c1. The average Bonchev–Trinajstić information content (AvgIpc) is 2.63. The van der Waals surface area contributed by atoms with Gasteiger partial charge in [0.05, 0.1) is 3.79 Å². The Morgan fingerprint density at radius 2 is 1.88 bits per heavy atom. The van der Waals surface area contributed by atoms with E-state index in [1.54, 1.807) is 11.3 Å². The smallest absolute Gasteiger partial charge is 0.0702 e. The molecule has 0 aliphatic rings. The minimum Gasteiger partial charge on any atom is -0.379 e. The van der Waals surface area contributed by atoms with Gasteiger partial charge in [0, 0.05) is 26.1 Å². The summed E-state index contributed by atoms with van der Waals surface area (Å²) in [5, 5.41) is 3.39. The number of anilines is 1. The molecular weight excluding hydrogens is 418 g/mol. The van der Waals surface area contributed by atoms with E-state index in [1.807, 2.05) is 12.1 Å². The number of thiophene rings is 1. The molecule has 1 N–H and O–H groups in total. The Morgan fingerprint density at radius 3 is 2.50 bits per heavy atom. The van der Waals surface area contributed by atoms with E-state index in [0.717, 1.165) is 21.2 Å². The maximum atomic E-state index is 3.53. The van der Waals surface area contributed by atoms with Gasteiger partial charge in [-0.25, -0.2) is 0 Å². The lowest BCUT2D eigenvalue weighted by molar-refractivity contribution is 1.19. The van der Waals surface area contributed by atoms with E-state index in [1.165, 1.54) is 8.66 Å². The van der Waals surface area contributed by atoms with Crippen LogP contribution in [0, 0.1) is 0 Å². The third-order valence-corrected chi connectivity index (χ3v) is 4.79. The Hall–Kier alpha value is 0.160. The monoisotopic (exact) mass is 423 g/mol. The summed E-state index contributed by atoms with van der Waals surface area (Å²) in [7, 11) is 0. The molecule has 1 nitrogen and oxygen atoms in total. The third-order valence-electron chi connectivity index (χ3n) is 2.01. The lowest BCUT2D eigenvalue weighted by atomic mass is 10.3. The summed E-state index contributed by atoms with van der Waals surface area (Å²) in [6.07, 6.45) is 0. The second-order valence-corrected chi connectivity index (χ2v) is 7.50. The predicted octanol–water partition coefficient (Wildman–Crippen LogP) is 5.65. The summed E-state index contributed by atoms with van der Waals surface area (Å²) >= 11 is 12.2. The molecule has 5 heteroatoms. The van der Waals surface area contributed by atoms with Crippen LogP contribution in [0.15, 0.2) is 43.1 Å². The quantitative estimate of drug-likeness (QED) is 0.670. The summed E-state index contributed by atoms with van der Waals surface area (Å²) in [5.74, 6) is 0. The summed E-state index contributed by atoms with van der Waals surface area (Å²) < 4.78 is 3.31. The predicted molar refractivity (Wildman–Crippen MR) is 81.2 cm³/mol. The van der Waals surface area contributed by atoms with Gasteiger partial charge in [-0.3, -0.25) is 0 Å². The number of hydrogen-bond acceptors (Lipinski definition) is 2. The maximum absolute atomic E-state index is 3.53. The van der Waals surface area contributed by atoms with Crippen LogP contribution < -0.4 is 5.32 Å². The molecule has 2 rings (SSSR count). The van der Waals surface area contributed by atoms with E-state index in [9.17, 15) is 0 Å². The summed E-state index contributed by atoms with van der Waals surface area (Å²) in [6.45, 7) is 0.844. The molecule has 0 aliphatic carbocycles. The number of nitrogens with one attached hydrogen (secondary N) is 1. The van der Waals surface area contributed by atoms with Crippen LogP contribution >= 0.6 is 59.1 Å². The normalized spacial score (nSPS) is 10.4. The fourth-order valence-corrected chi connectivity index (χ4v) is 3.87. The lowest BCUT2D eigenvalue weighted by Gasteiger charge is -2.07. The highest BCUT2D eigenvalue weighted by molar-refractivity contribution is 9.11. The molecule has 0 radical (unpaired) electrons. The molecule has 0 fully saturated rings. The van der Waals surface area contributed by atoms with Crippen molar-refractivity contribution in [1.29, 1.82) is 0 Å². The van der Waals surface area contributed by atoms with Gasteiger partial charge in [0.1, 0.15) is 0 Å². The van der Waals surface area contributed by atoms with E-state index in [0.29, 0.717) is 0 Å². The van der Waals surface area contributed by atoms with Crippen molar-refractivity contribution in [3.8, 4) is 0 Å². The first-order chi connectivity index (χ1) is 7.65. The zero-order valence-electron chi connectivity index (χ0n) is 8.14. The molecule has 0 saturated carbocycles. The summed E-state index contributed by atoms with van der Waals surface area (Å²) in [5.41, 5.74) is 1.10. The van der Waals surface area contributed by atoms with Crippen LogP contribution in [0.4, 0.5) is 5.69 Å². The second kappa shape index (κ2) is 5.67. The molecule has 1 aromatic heterocycles. The van der Waals surface area contributed by atoms with E-state index in [4.69, 9.17) is 0 Å². The minimum absolute atomic E-state index is 0.844. The van der Waals surface area contributed by atoms with Gasteiger partial charge in [-0.05, 0) is 62.2 Å². The van der Waals surface area contributed by atoms with E-state index in [-0.39, 0.29) is 0 Å². The molecule has 0 amide bonds. The van der Waals surface area contributed by atoms with Crippen LogP contribution in [0.2, 0.25) is 0 Å². The molecule has 1 heterocycles. The average molecular weight is 426 g/mol. The summed E-state index contributed by atoms with van der Waals surface area (Å²) in [6, 6.07) is 10.3. The Bertz CT molecular complexity index is 496. The van der Waals surface area contributed by atoms with Crippen LogP contribution in [-0.2, 0) is 6.54 Å². The van der Waals surface area contributed by atoms with Crippen molar-refractivity contribution in [1.82, 2.24) is 0 Å². The standard InChI is InChI=1S/C11H8Br3NS/c12-7-1-3-10(9(13)5-7)15-6-8-2-4-11(14)16-8/h1-5,15H,6H2. The van der Waals surface area contributed by atoms with Crippen molar-refractivity contribution in [2.75, 3.05) is 5.32 Å². The molecular formula is C11H8Br3NS. The zero-order chi connectivity index (χ0) is 11.5. The Balaban J connectivity index is 2.04. The van der Waals surface area contributed by atoms with Gasteiger partial charge >= 0.3 is 0 Å². The fourth-order valence-electron chi connectivity index (χ4n) is 1.26. The summed E-state index contributed by atoms with van der Waals surface area (Å²) in [4.78, 5) is 1.31. The van der Waals surface area contributed by atoms with Crippen molar-refractivity contribution in [3.63, 3.8) is 0 Å². The first-order valence-corrected chi connectivity index (χ1v) is 7.78. The number of hydrogen-bond donors (Lipinski definition) is 1. The Morgan fingerprint density at radius 1 is 1.06 bits per heavy atom. The Kier molecular flexibility index (Phi) is 4.47. The van der Waals surface area contributed by atoms with Crippen LogP contribution in [-0.4, -0.2) is 0 Å². The highest BCUT2D eigenvalue weighted by atomic mass is 79.9. The molecule has 1 aromatic carbocycles. The van der Waals surface area contributed by atoms with Gasteiger partial charge in [0.25, 0.3) is 0 Å². The van der Waals surface area contributed by atoms with Crippen molar-refractivity contribution in [3.05, 3.63) is 47.9 Å². The minimum atomic E-state index is 0.844. The number of rotatable bonds is 3. The first kappa shape index (κ1) is 12.6. The molecule has 2 aromatic rings. The van der Waals surface area contributed by atoms with Gasteiger partial charge < -0.3 is 5.32 Å². The second-order valence-electron chi connectivity index (χ2n) is 3.18. The molecule has 0 saturated heterocycles. The van der Waals surface area contributed by atoms with Crippen LogP contribution in [0.1, 0.15) is 4.88 Å². The molecule has 0 unspecified atom stereocenters. The highest BCUT2D eigenvalue weighted by Gasteiger charge is 2.01. The molecule has 84 valence electrons. The van der Waals surface area contributed by atoms with Crippen molar-refractivity contribution in [2.45, 2.75) is 6.54 Å². The van der Waals surface area contributed by atoms with Gasteiger partial charge in [0.2, 0.25) is 0 Å². The van der Waals surface area contributed by atoms with Crippen molar-refractivity contribution >= 4 is 64.8 Å². The van der Waals surface area contributed by atoms with Gasteiger partial charge in [0.15, 0.2) is 0 Å². The van der Waals surface area contributed by atoms with Gasteiger partial charge in [-0.1, -0.05) is 15.9 Å². The van der Waals surface area contributed by atoms with Gasteiger partial charge in [-0.2, -0.15) is 0 Å².